The maximum Gasteiger partial charge on any atom is 0.311 e. The number of hydrogen-bond acceptors (Lipinski definition) is 2. The fraction of sp³-hybridized carbons (Fsp3) is 0.933. The van der Waals surface area contributed by atoms with E-state index < -0.39 is 0 Å². The van der Waals surface area contributed by atoms with Gasteiger partial charge in [0.25, 0.3) is 0 Å². The highest BCUT2D eigenvalue weighted by atomic mass is 16.5. The van der Waals surface area contributed by atoms with Gasteiger partial charge in [-0.15, -0.1) is 0 Å². The van der Waals surface area contributed by atoms with Crippen LogP contribution in [0.5, 0.6) is 0 Å². The van der Waals surface area contributed by atoms with E-state index in [2.05, 4.69) is 20.8 Å². The number of rotatable bonds is 3. The van der Waals surface area contributed by atoms with Crippen LogP contribution >= 0.6 is 0 Å². The lowest BCUT2D eigenvalue weighted by Crippen LogP contribution is -2.37. The smallest absolute Gasteiger partial charge is 0.311 e. The number of carbonyl (C=O) groups is 1. The molecule has 0 N–H and O–H groups in total. The zero-order valence-electron chi connectivity index (χ0n) is 12.3. The predicted molar refractivity (Wildman–Crippen MR) is 70.7 cm³/mol. The van der Waals surface area contributed by atoms with Crippen LogP contribution in [0.3, 0.4) is 0 Å². The molecule has 0 aliphatic heterocycles. The maximum atomic E-state index is 12.1. The van der Waals surface area contributed by atoms with E-state index >= 15 is 0 Å². The molecular formula is C15H28O2. The van der Waals surface area contributed by atoms with Crippen LogP contribution in [0.4, 0.5) is 0 Å². The minimum atomic E-state index is -0.342. The Kier molecular flexibility index (Phi) is 4.27. The van der Waals surface area contributed by atoms with Crippen LogP contribution in [0.1, 0.15) is 67.2 Å². The molecule has 0 aromatic rings. The van der Waals surface area contributed by atoms with Crippen LogP contribution in [-0.4, -0.2) is 12.1 Å². The van der Waals surface area contributed by atoms with Gasteiger partial charge in [-0.25, -0.2) is 0 Å². The van der Waals surface area contributed by atoms with Crippen molar-refractivity contribution in [2.24, 2.45) is 16.7 Å². The normalized spacial score (nSPS) is 28.8. The lowest BCUT2D eigenvalue weighted by Gasteiger charge is -2.39. The van der Waals surface area contributed by atoms with Gasteiger partial charge in [-0.3, -0.25) is 4.79 Å². The van der Waals surface area contributed by atoms with E-state index in [4.69, 9.17) is 4.74 Å². The Balaban J connectivity index is 2.60. The van der Waals surface area contributed by atoms with Gasteiger partial charge in [0.1, 0.15) is 6.10 Å². The first-order chi connectivity index (χ1) is 7.66. The second-order valence-corrected chi connectivity index (χ2v) is 7.18. The average molecular weight is 240 g/mol. The third kappa shape index (κ3) is 4.01. The summed E-state index contributed by atoms with van der Waals surface area (Å²) in [6.07, 6.45) is 4.21. The molecule has 100 valence electrons. The van der Waals surface area contributed by atoms with Crippen molar-refractivity contribution in [1.29, 1.82) is 0 Å². The number of esters is 1. The largest absolute Gasteiger partial charge is 0.462 e. The maximum absolute atomic E-state index is 12.1. The molecule has 0 aromatic heterocycles. The molecule has 1 rings (SSSR count). The zero-order valence-corrected chi connectivity index (χ0v) is 12.3. The lowest BCUT2D eigenvalue weighted by molar-refractivity contribution is -0.164. The van der Waals surface area contributed by atoms with Gasteiger partial charge in [0.2, 0.25) is 0 Å². The van der Waals surface area contributed by atoms with Gasteiger partial charge >= 0.3 is 5.97 Å². The number of hydrogen-bond donors (Lipinski definition) is 0. The Morgan fingerprint density at radius 3 is 2.41 bits per heavy atom. The van der Waals surface area contributed by atoms with E-state index in [1.165, 1.54) is 6.42 Å². The third-order valence-corrected chi connectivity index (χ3v) is 4.06. The second-order valence-electron chi connectivity index (χ2n) is 7.18. The topological polar surface area (TPSA) is 26.3 Å². The Hall–Kier alpha value is -0.530. The fourth-order valence-corrected chi connectivity index (χ4v) is 2.80. The molecule has 2 atom stereocenters. The van der Waals surface area contributed by atoms with Gasteiger partial charge in [0.15, 0.2) is 0 Å². The highest BCUT2D eigenvalue weighted by molar-refractivity contribution is 5.76. The van der Waals surface area contributed by atoms with Crippen molar-refractivity contribution in [1.82, 2.24) is 0 Å². The van der Waals surface area contributed by atoms with Crippen molar-refractivity contribution in [3.05, 3.63) is 0 Å². The van der Waals surface area contributed by atoms with Crippen molar-refractivity contribution in [3.8, 4) is 0 Å². The quantitative estimate of drug-likeness (QED) is 0.692. The SMILES string of the molecule is CCC(C)(C)C(=O)OC1CC(C)CC(C)(C)C1. The first-order valence-electron chi connectivity index (χ1n) is 6.87. The van der Waals surface area contributed by atoms with Crippen LogP contribution in [0, 0.1) is 16.7 Å². The van der Waals surface area contributed by atoms with Crippen molar-refractivity contribution in [2.75, 3.05) is 0 Å². The molecule has 1 fully saturated rings. The van der Waals surface area contributed by atoms with Crippen LogP contribution in [0.25, 0.3) is 0 Å². The number of carbonyl (C=O) groups excluding carboxylic acids is 1. The zero-order chi connectivity index (χ0) is 13.3. The Bertz CT molecular complexity index is 279. The average Bonchev–Trinajstić information content (AvgIpc) is 2.14. The van der Waals surface area contributed by atoms with Gasteiger partial charge < -0.3 is 4.74 Å². The highest BCUT2D eigenvalue weighted by Crippen LogP contribution is 2.40. The molecule has 0 bridgehead atoms. The predicted octanol–water partition coefficient (Wildman–Crippen LogP) is 4.18. The second kappa shape index (κ2) is 4.99. The minimum Gasteiger partial charge on any atom is -0.462 e. The van der Waals surface area contributed by atoms with E-state index in [-0.39, 0.29) is 17.5 Å². The summed E-state index contributed by atoms with van der Waals surface area (Å²) in [6, 6.07) is 0. The molecule has 17 heavy (non-hydrogen) atoms. The molecule has 0 spiro atoms. The van der Waals surface area contributed by atoms with E-state index in [9.17, 15) is 4.79 Å². The molecular weight excluding hydrogens is 212 g/mol. The molecule has 0 saturated heterocycles. The Morgan fingerprint density at radius 2 is 1.94 bits per heavy atom. The molecule has 2 nitrogen and oxygen atoms in total. The van der Waals surface area contributed by atoms with Crippen LogP contribution in [0.15, 0.2) is 0 Å². The Morgan fingerprint density at radius 1 is 1.35 bits per heavy atom. The standard InChI is InChI=1S/C15H28O2/c1-7-15(5,6)13(16)17-12-8-11(2)9-14(3,4)10-12/h11-12H,7-10H2,1-6H3. The summed E-state index contributed by atoms with van der Waals surface area (Å²) in [5.41, 5.74) is -0.0379. The van der Waals surface area contributed by atoms with Crippen LogP contribution < -0.4 is 0 Å². The highest BCUT2D eigenvalue weighted by Gasteiger charge is 2.36. The summed E-state index contributed by atoms with van der Waals surface area (Å²) in [4.78, 5) is 12.1. The van der Waals surface area contributed by atoms with E-state index in [0.717, 1.165) is 19.3 Å². The van der Waals surface area contributed by atoms with Crippen LogP contribution in [0.2, 0.25) is 0 Å². The molecule has 0 heterocycles. The molecule has 0 radical (unpaired) electrons. The molecule has 1 aliphatic rings. The fourth-order valence-electron chi connectivity index (χ4n) is 2.80. The first kappa shape index (κ1) is 14.5. The van der Waals surface area contributed by atoms with Crippen molar-refractivity contribution < 1.29 is 9.53 Å². The molecule has 1 saturated carbocycles. The van der Waals surface area contributed by atoms with Gasteiger partial charge in [0, 0.05) is 0 Å². The molecule has 2 heteroatoms. The Labute approximate surface area is 106 Å². The lowest BCUT2D eigenvalue weighted by atomic mass is 9.71. The monoisotopic (exact) mass is 240 g/mol. The van der Waals surface area contributed by atoms with Crippen LogP contribution in [-0.2, 0) is 9.53 Å². The van der Waals surface area contributed by atoms with E-state index in [1.807, 2.05) is 20.8 Å². The third-order valence-electron chi connectivity index (χ3n) is 4.06. The van der Waals surface area contributed by atoms with Gasteiger partial charge in [-0.1, -0.05) is 27.7 Å². The van der Waals surface area contributed by atoms with E-state index in [0.29, 0.717) is 11.3 Å². The molecule has 1 aliphatic carbocycles. The van der Waals surface area contributed by atoms with E-state index in [1.54, 1.807) is 0 Å². The number of ether oxygens (including phenoxy) is 1. The molecule has 2 unspecified atom stereocenters. The summed E-state index contributed by atoms with van der Waals surface area (Å²) in [7, 11) is 0. The summed E-state index contributed by atoms with van der Waals surface area (Å²) in [5.74, 6) is 0.621. The first-order valence-corrected chi connectivity index (χ1v) is 6.87. The summed E-state index contributed by atoms with van der Waals surface area (Å²) >= 11 is 0. The van der Waals surface area contributed by atoms with Crippen molar-refractivity contribution >= 4 is 5.97 Å². The summed E-state index contributed by atoms with van der Waals surface area (Å²) in [5, 5.41) is 0. The van der Waals surface area contributed by atoms with Crippen molar-refractivity contribution in [2.45, 2.75) is 73.3 Å². The molecule has 0 aromatic carbocycles. The van der Waals surface area contributed by atoms with Gasteiger partial charge in [-0.2, -0.15) is 0 Å². The van der Waals surface area contributed by atoms with Crippen molar-refractivity contribution in [3.63, 3.8) is 0 Å². The van der Waals surface area contributed by atoms with Gasteiger partial charge in [-0.05, 0) is 50.9 Å². The summed E-state index contributed by atoms with van der Waals surface area (Å²) in [6.45, 7) is 12.8. The summed E-state index contributed by atoms with van der Waals surface area (Å²) < 4.78 is 5.71. The molecule has 0 amide bonds. The van der Waals surface area contributed by atoms with Gasteiger partial charge in [0.05, 0.1) is 5.41 Å². The minimum absolute atomic E-state index is 0.0325.